The zero-order valence-electron chi connectivity index (χ0n) is 11.5. The summed E-state index contributed by atoms with van der Waals surface area (Å²) in [6.45, 7) is 4.61. The van der Waals surface area contributed by atoms with E-state index in [4.69, 9.17) is 5.73 Å². The van der Waals surface area contributed by atoms with Crippen molar-refractivity contribution in [2.24, 2.45) is 5.73 Å². The Balaban J connectivity index is 1.80. The maximum atomic E-state index is 12.1. The third-order valence-electron chi connectivity index (χ3n) is 3.62. The molecule has 3 N–H and O–H groups in total. The lowest BCUT2D eigenvalue weighted by molar-refractivity contribution is -0.132. The van der Waals surface area contributed by atoms with Crippen LogP contribution in [0.3, 0.4) is 0 Å². The lowest BCUT2D eigenvalue weighted by Crippen LogP contribution is -2.51. The highest BCUT2D eigenvalue weighted by molar-refractivity contribution is 5.76. The van der Waals surface area contributed by atoms with Crippen molar-refractivity contribution in [3.8, 4) is 0 Å². The summed E-state index contributed by atoms with van der Waals surface area (Å²) in [6, 6.07) is 10.3. The van der Waals surface area contributed by atoms with Gasteiger partial charge >= 0.3 is 0 Å². The molecule has 2 rings (SSSR count). The third kappa shape index (κ3) is 4.04. The number of carbonyl (C=O) groups is 1. The molecule has 2 atom stereocenters. The van der Waals surface area contributed by atoms with E-state index in [-0.39, 0.29) is 11.9 Å². The molecule has 1 saturated heterocycles. The number of nitrogens with one attached hydrogen (secondary N) is 1. The molecule has 1 amide bonds. The van der Waals surface area contributed by atoms with Crippen LogP contribution in [0.4, 0.5) is 0 Å². The van der Waals surface area contributed by atoms with Crippen LogP contribution in [0.2, 0.25) is 0 Å². The third-order valence-corrected chi connectivity index (χ3v) is 3.62. The summed E-state index contributed by atoms with van der Waals surface area (Å²) in [5.41, 5.74) is 7.22. The predicted octanol–water partition coefficient (Wildman–Crippen LogP) is 1.29. The van der Waals surface area contributed by atoms with E-state index >= 15 is 0 Å². The smallest absolute Gasteiger partial charge is 0.222 e. The molecule has 0 spiro atoms. The first kappa shape index (κ1) is 14.0. The maximum absolute atomic E-state index is 12.1. The molecule has 4 heteroatoms. The number of benzene rings is 1. The van der Waals surface area contributed by atoms with Crippen molar-refractivity contribution in [1.82, 2.24) is 10.2 Å². The molecule has 0 aliphatic carbocycles. The fourth-order valence-corrected chi connectivity index (χ4v) is 2.46. The number of carbonyl (C=O) groups excluding carboxylic acids is 1. The van der Waals surface area contributed by atoms with Crippen molar-refractivity contribution < 1.29 is 4.79 Å². The number of hydrogen-bond donors (Lipinski definition) is 2. The molecular formula is C15H23N3O. The minimum Gasteiger partial charge on any atom is -0.340 e. The fraction of sp³-hybridized carbons (Fsp3) is 0.533. The van der Waals surface area contributed by atoms with E-state index in [2.05, 4.69) is 12.2 Å². The highest BCUT2D eigenvalue weighted by atomic mass is 16.2. The van der Waals surface area contributed by atoms with E-state index < -0.39 is 0 Å². The van der Waals surface area contributed by atoms with Crippen molar-refractivity contribution in [2.75, 3.05) is 19.6 Å². The zero-order chi connectivity index (χ0) is 13.7. The van der Waals surface area contributed by atoms with Crippen molar-refractivity contribution in [1.29, 1.82) is 0 Å². The van der Waals surface area contributed by atoms with Crippen LogP contribution in [-0.2, 0) is 4.79 Å². The summed E-state index contributed by atoms with van der Waals surface area (Å²) < 4.78 is 0. The average Bonchev–Trinajstić information content (AvgIpc) is 2.45. The number of piperazine rings is 1. The first-order valence-electron chi connectivity index (χ1n) is 6.98. The van der Waals surface area contributed by atoms with Gasteiger partial charge in [-0.3, -0.25) is 4.79 Å². The van der Waals surface area contributed by atoms with E-state index in [1.807, 2.05) is 35.2 Å². The van der Waals surface area contributed by atoms with Crippen LogP contribution in [0.15, 0.2) is 30.3 Å². The molecule has 0 saturated carbocycles. The number of hydrogen-bond acceptors (Lipinski definition) is 3. The van der Waals surface area contributed by atoms with Gasteiger partial charge in [-0.15, -0.1) is 0 Å². The lowest BCUT2D eigenvalue weighted by Gasteiger charge is -2.32. The SMILES string of the molecule is CC1CN(C(=O)CCC(N)c2ccccc2)CCN1. The molecule has 1 aliphatic rings. The Morgan fingerprint density at radius 3 is 2.89 bits per heavy atom. The van der Waals surface area contributed by atoms with Gasteiger partial charge in [0, 0.05) is 38.1 Å². The Morgan fingerprint density at radius 1 is 1.47 bits per heavy atom. The first-order valence-corrected chi connectivity index (χ1v) is 6.98. The Bertz CT molecular complexity index is 407. The standard InChI is InChI=1S/C15H23N3O/c1-12-11-18(10-9-17-12)15(19)8-7-14(16)13-5-3-2-4-6-13/h2-6,12,14,17H,7-11,16H2,1H3. The van der Waals surface area contributed by atoms with Gasteiger partial charge < -0.3 is 16.0 Å². The minimum absolute atomic E-state index is 0.0505. The van der Waals surface area contributed by atoms with Gasteiger partial charge in [0.25, 0.3) is 0 Å². The molecule has 1 aromatic rings. The van der Waals surface area contributed by atoms with Crippen LogP contribution >= 0.6 is 0 Å². The van der Waals surface area contributed by atoms with E-state index in [1.54, 1.807) is 0 Å². The van der Waals surface area contributed by atoms with Gasteiger partial charge in [0.2, 0.25) is 5.91 Å². The van der Waals surface area contributed by atoms with Crippen LogP contribution in [0, 0.1) is 0 Å². The first-order chi connectivity index (χ1) is 9.16. The van der Waals surface area contributed by atoms with E-state index in [0.717, 1.165) is 25.2 Å². The van der Waals surface area contributed by atoms with Gasteiger partial charge in [-0.05, 0) is 18.9 Å². The molecule has 104 valence electrons. The predicted molar refractivity (Wildman–Crippen MR) is 76.6 cm³/mol. The second-order valence-electron chi connectivity index (χ2n) is 5.25. The van der Waals surface area contributed by atoms with Crippen LogP contribution in [0.5, 0.6) is 0 Å². The lowest BCUT2D eigenvalue weighted by atomic mass is 10.0. The molecule has 0 bridgehead atoms. The van der Waals surface area contributed by atoms with Gasteiger partial charge in [-0.2, -0.15) is 0 Å². The fourth-order valence-electron chi connectivity index (χ4n) is 2.46. The maximum Gasteiger partial charge on any atom is 0.222 e. The summed E-state index contributed by atoms with van der Waals surface area (Å²) >= 11 is 0. The Hall–Kier alpha value is -1.39. The van der Waals surface area contributed by atoms with Gasteiger partial charge in [0.15, 0.2) is 0 Å². The number of nitrogens with two attached hydrogens (primary N) is 1. The summed E-state index contributed by atoms with van der Waals surface area (Å²) in [5.74, 6) is 0.222. The molecule has 1 aromatic carbocycles. The average molecular weight is 261 g/mol. The largest absolute Gasteiger partial charge is 0.340 e. The number of amides is 1. The molecule has 1 heterocycles. The van der Waals surface area contributed by atoms with Gasteiger partial charge in [-0.25, -0.2) is 0 Å². The topological polar surface area (TPSA) is 58.4 Å². The highest BCUT2D eigenvalue weighted by Crippen LogP contribution is 2.16. The van der Waals surface area contributed by atoms with Crippen LogP contribution in [0.25, 0.3) is 0 Å². The van der Waals surface area contributed by atoms with Crippen LogP contribution < -0.4 is 11.1 Å². The van der Waals surface area contributed by atoms with Crippen molar-refractivity contribution in [2.45, 2.75) is 31.8 Å². The van der Waals surface area contributed by atoms with Gasteiger partial charge in [0.05, 0.1) is 0 Å². The second kappa shape index (κ2) is 6.68. The van der Waals surface area contributed by atoms with Crippen molar-refractivity contribution in [3.05, 3.63) is 35.9 Å². The molecule has 4 nitrogen and oxygen atoms in total. The number of rotatable bonds is 4. The van der Waals surface area contributed by atoms with Crippen molar-refractivity contribution in [3.63, 3.8) is 0 Å². The summed E-state index contributed by atoms with van der Waals surface area (Å²) in [6.07, 6.45) is 1.24. The molecule has 1 fully saturated rings. The summed E-state index contributed by atoms with van der Waals surface area (Å²) in [5, 5.41) is 3.34. The quantitative estimate of drug-likeness (QED) is 0.858. The molecule has 0 aromatic heterocycles. The molecular weight excluding hydrogens is 238 g/mol. The molecule has 1 aliphatic heterocycles. The van der Waals surface area contributed by atoms with Crippen LogP contribution in [-0.4, -0.2) is 36.5 Å². The Labute approximate surface area is 115 Å². The monoisotopic (exact) mass is 261 g/mol. The van der Waals surface area contributed by atoms with Crippen LogP contribution in [0.1, 0.15) is 31.4 Å². The summed E-state index contributed by atoms with van der Waals surface area (Å²) in [7, 11) is 0. The zero-order valence-corrected chi connectivity index (χ0v) is 11.5. The molecule has 2 unspecified atom stereocenters. The Morgan fingerprint density at radius 2 is 2.21 bits per heavy atom. The van der Waals surface area contributed by atoms with Crippen molar-refractivity contribution >= 4 is 5.91 Å². The van der Waals surface area contributed by atoms with Gasteiger partial charge in [0.1, 0.15) is 0 Å². The van der Waals surface area contributed by atoms with Gasteiger partial charge in [-0.1, -0.05) is 30.3 Å². The minimum atomic E-state index is -0.0505. The molecule has 19 heavy (non-hydrogen) atoms. The van der Waals surface area contributed by atoms with E-state index in [0.29, 0.717) is 18.9 Å². The number of nitrogens with zero attached hydrogens (tertiary/aromatic N) is 1. The second-order valence-corrected chi connectivity index (χ2v) is 5.25. The van der Waals surface area contributed by atoms with E-state index in [1.165, 1.54) is 0 Å². The molecule has 0 radical (unpaired) electrons. The summed E-state index contributed by atoms with van der Waals surface area (Å²) in [4.78, 5) is 14.1. The van der Waals surface area contributed by atoms with E-state index in [9.17, 15) is 4.79 Å². The normalized spacial score (nSPS) is 21.2. The Kier molecular flexibility index (Phi) is 4.93. The highest BCUT2D eigenvalue weighted by Gasteiger charge is 2.20.